The summed E-state index contributed by atoms with van der Waals surface area (Å²) in [5, 5.41) is 9.57. The van der Waals surface area contributed by atoms with Crippen LogP contribution in [0.1, 0.15) is 34.9 Å². The Balaban J connectivity index is 2.52. The van der Waals surface area contributed by atoms with E-state index in [1.54, 1.807) is 4.57 Å². The topological polar surface area (TPSA) is 59.3 Å². The predicted octanol–water partition coefficient (Wildman–Crippen LogP) is 2.48. The molecule has 1 aromatic carbocycles. The number of aromatic carboxylic acids is 1. The van der Waals surface area contributed by atoms with Gasteiger partial charge in [-0.3, -0.25) is 4.79 Å². The first kappa shape index (κ1) is 11.9. The summed E-state index contributed by atoms with van der Waals surface area (Å²) in [6, 6.07) is 4.01. The van der Waals surface area contributed by atoms with Gasteiger partial charge >= 0.3 is 5.97 Å². The molecule has 0 bridgehead atoms. The van der Waals surface area contributed by atoms with E-state index >= 15 is 0 Å². The molecule has 0 unspecified atom stereocenters. The van der Waals surface area contributed by atoms with Crippen LogP contribution in [0, 0.1) is 12.7 Å². The summed E-state index contributed by atoms with van der Waals surface area (Å²) in [6.45, 7) is 1.48. The average molecular weight is 261 g/mol. The standard InChI is InChI=1S/C14H12FNO3/c1-7-12(14(18)19)16(9-3-4-9)11-5-2-8(15)6-10(11)13(7)17/h2,5-6,9H,3-4H2,1H3,(H,18,19). The van der Waals surface area contributed by atoms with Gasteiger partial charge in [0.2, 0.25) is 0 Å². The molecular weight excluding hydrogens is 249 g/mol. The third kappa shape index (κ3) is 1.73. The predicted molar refractivity (Wildman–Crippen MR) is 68.1 cm³/mol. The smallest absolute Gasteiger partial charge is 0.352 e. The minimum Gasteiger partial charge on any atom is -0.477 e. The van der Waals surface area contributed by atoms with Crippen molar-refractivity contribution < 1.29 is 14.3 Å². The summed E-state index contributed by atoms with van der Waals surface area (Å²) < 4.78 is 15.0. The van der Waals surface area contributed by atoms with Crippen LogP contribution >= 0.6 is 0 Å². The fourth-order valence-electron chi connectivity index (χ4n) is 2.49. The van der Waals surface area contributed by atoms with Crippen LogP contribution < -0.4 is 5.43 Å². The van der Waals surface area contributed by atoms with Gasteiger partial charge in [-0.1, -0.05) is 0 Å². The Labute approximate surface area is 108 Å². The molecule has 0 aliphatic heterocycles. The molecule has 1 N–H and O–H groups in total. The normalized spacial score (nSPS) is 14.8. The zero-order valence-electron chi connectivity index (χ0n) is 10.3. The van der Waals surface area contributed by atoms with Crippen LogP contribution in [0.5, 0.6) is 0 Å². The Morgan fingerprint density at radius 3 is 2.68 bits per heavy atom. The van der Waals surface area contributed by atoms with Gasteiger partial charge in [-0.2, -0.15) is 0 Å². The minimum absolute atomic E-state index is 0.0200. The van der Waals surface area contributed by atoms with E-state index in [0.717, 1.165) is 12.8 Å². The highest BCUT2D eigenvalue weighted by molar-refractivity contribution is 5.92. The molecular formula is C14H12FNO3. The Morgan fingerprint density at radius 1 is 1.42 bits per heavy atom. The molecule has 1 aromatic heterocycles. The van der Waals surface area contributed by atoms with Crippen LogP contribution in [0.25, 0.3) is 10.9 Å². The average Bonchev–Trinajstić information content (AvgIpc) is 3.17. The molecule has 1 aliphatic rings. The maximum Gasteiger partial charge on any atom is 0.352 e. The number of benzene rings is 1. The monoisotopic (exact) mass is 261 g/mol. The molecule has 0 radical (unpaired) electrons. The maximum atomic E-state index is 13.3. The number of carbonyl (C=O) groups is 1. The van der Waals surface area contributed by atoms with Gasteiger partial charge in [-0.05, 0) is 38.0 Å². The number of fused-ring (bicyclic) bond motifs is 1. The Bertz CT molecular complexity index is 759. The molecule has 0 spiro atoms. The highest BCUT2D eigenvalue weighted by Gasteiger charge is 2.30. The summed E-state index contributed by atoms with van der Waals surface area (Å²) in [7, 11) is 0. The van der Waals surface area contributed by atoms with Crippen molar-refractivity contribution in [3.8, 4) is 0 Å². The zero-order chi connectivity index (χ0) is 13.7. The molecule has 0 atom stereocenters. The van der Waals surface area contributed by atoms with Gasteiger partial charge in [0.15, 0.2) is 5.43 Å². The van der Waals surface area contributed by atoms with E-state index in [2.05, 4.69) is 0 Å². The second-order valence-corrected chi connectivity index (χ2v) is 4.87. The lowest BCUT2D eigenvalue weighted by molar-refractivity contribution is 0.0683. The number of nitrogens with zero attached hydrogens (tertiary/aromatic N) is 1. The number of hydrogen-bond donors (Lipinski definition) is 1. The van der Waals surface area contributed by atoms with Gasteiger partial charge in [0.05, 0.1) is 5.52 Å². The molecule has 3 rings (SSSR count). The van der Waals surface area contributed by atoms with Crippen LogP contribution in [0.3, 0.4) is 0 Å². The van der Waals surface area contributed by atoms with Crippen LogP contribution in [0.4, 0.5) is 4.39 Å². The number of hydrogen-bond acceptors (Lipinski definition) is 2. The molecule has 5 heteroatoms. The SMILES string of the molecule is Cc1c(C(=O)O)n(C2CC2)c2ccc(F)cc2c1=O. The summed E-state index contributed by atoms with van der Waals surface area (Å²) >= 11 is 0. The second kappa shape index (κ2) is 3.91. The van der Waals surface area contributed by atoms with Crippen molar-refractivity contribution in [1.82, 2.24) is 4.57 Å². The Hall–Kier alpha value is -2.17. The third-order valence-corrected chi connectivity index (χ3v) is 3.51. The van der Waals surface area contributed by atoms with E-state index in [4.69, 9.17) is 0 Å². The van der Waals surface area contributed by atoms with Crippen molar-refractivity contribution in [2.24, 2.45) is 0 Å². The first-order chi connectivity index (χ1) is 9.00. The largest absolute Gasteiger partial charge is 0.477 e. The molecule has 98 valence electrons. The highest BCUT2D eigenvalue weighted by atomic mass is 19.1. The molecule has 1 fully saturated rings. The van der Waals surface area contributed by atoms with E-state index in [9.17, 15) is 19.1 Å². The van der Waals surface area contributed by atoms with Gasteiger partial charge in [0.25, 0.3) is 0 Å². The van der Waals surface area contributed by atoms with Crippen molar-refractivity contribution in [3.63, 3.8) is 0 Å². The molecule has 0 amide bonds. The van der Waals surface area contributed by atoms with Crippen molar-refractivity contribution in [1.29, 1.82) is 0 Å². The molecule has 0 saturated heterocycles. The van der Waals surface area contributed by atoms with Crippen molar-refractivity contribution in [2.75, 3.05) is 0 Å². The number of halogens is 1. The Kier molecular flexibility index (Phi) is 2.45. The van der Waals surface area contributed by atoms with Gasteiger partial charge in [-0.15, -0.1) is 0 Å². The van der Waals surface area contributed by atoms with E-state index < -0.39 is 17.2 Å². The summed E-state index contributed by atoms with van der Waals surface area (Å²) in [6.07, 6.45) is 1.77. The molecule has 2 aromatic rings. The van der Waals surface area contributed by atoms with Gasteiger partial charge in [0.1, 0.15) is 11.5 Å². The fourth-order valence-corrected chi connectivity index (χ4v) is 2.49. The van der Waals surface area contributed by atoms with Gasteiger partial charge < -0.3 is 9.67 Å². The molecule has 1 aliphatic carbocycles. The lowest BCUT2D eigenvalue weighted by atomic mass is 10.1. The second-order valence-electron chi connectivity index (χ2n) is 4.87. The summed E-state index contributed by atoms with van der Waals surface area (Å²) in [4.78, 5) is 23.6. The maximum absolute atomic E-state index is 13.3. The molecule has 1 heterocycles. The quantitative estimate of drug-likeness (QED) is 0.903. The number of carboxylic acids is 1. The van der Waals surface area contributed by atoms with E-state index in [1.807, 2.05) is 0 Å². The number of carboxylic acid groups (broad SMARTS) is 1. The van der Waals surface area contributed by atoms with Crippen molar-refractivity contribution in [2.45, 2.75) is 25.8 Å². The third-order valence-electron chi connectivity index (χ3n) is 3.51. The highest BCUT2D eigenvalue weighted by Crippen LogP contribution is 2.38. The van der Waals surface area contributed by atoms with Gasteiger partial charge in [0, 0.05) is 17.0 Å². The van der Waals surface area contributed by atoms with Crippen LogP contribution in [0.15, 0.2) is 23.0 Å². The van der Waals surface area contributed by atoms with E-state index in [1.165, 1.54) is 25.1 Å². The molecule has 1 saturated carbocycles. The lowest BCUT2D eigenvalue weighted by Gasteiger charge is -2.16. The van der Waals surface area contributed by atoms with Crippen LogP contribution in [-0.4, -0.2) is 15.6 Å². The number of rotatable bonds is 2. The first-order valence-corrected chi connectivity index (χ1v) is 6.08. The number of pyridine rings is 1. The van der Waals surface area contributed by atoms with E-state index in [-0.39, 0.29) is 22.7 Å². The number of aromatic nitrogens is 1. The molecule has 19 heavy (non-hydrogen) atoms. The Morgan fingerprint density at radius 2 is 2.11 bits per heavy atom. The first-order valence-electron chi connectivity index (χ1n) is 6.08. The summed E-state index contributed by atoms with van der Waals surface area (Å²) in [5.74, 6) is -1.61. The minimum atomic E-state index is -1.12. The van der Waals surface area contributed by atoms with Crippen molar-refractivity contribution in [3.05, 3.63) is 45.5 Å². The van der Waals surface area contributed by atoms with Crippen LogP contribution in [-0.2, 0) is 0 Å². The van der Waals surface area contributed by atoms with Crippen molar-refractivity contribution >= 4 is 16.9 Å². The zero-order valence-corrected chi connectivity index (χ0v) is 10.3. The van der Waals surface area contributed by atoms with E-state index in [0.29, 0.717) is 5.52 Å². The van der Waals surface area contributed by atoms with Gasteiger partial charge in [-0.25, -0.2) is 9.18 Å². The van der Waals surface area contributed by atoms with Crippen LogP contribution in [0.2, 0.25) is 0 Å². The lowest BCUT2D eigenvalue weighted by Crippen LogP contribution is -2.21. The fraction of sp³-hybridized carbons (Fsp3) is 0.286. The summed E-state index contributed by atoms with van der Waals surface area (Å²) in [5.41, 5.74) is 0.268. The molecule has 4 nitrogen and oxygen atoms in total.